The molecule has 2 atom stereocenters. The van der Waals surface area contributed by atoms with Gasteiger partial charge in [0.2, 0.25) is 0 Å². The zero-order valence-electron chi connectivity index (χ0n) is 16.5. The second kappa shape index (κ2) is 11.6. The van der Waals surface area contributed by atoms with E-state index in [0.29, 0.717) is 17.4 Å². The van der Waals surface area contributed by atoms with E-state index in [1.54, 1.807) is 31.2 Å². The van der Waals surface area contributed by atoms with E-state index in [2.05, 4.69) is 5.32 Å². The van der Waals surface area contributed by atoms with Crippen LogP contribution in [-0.4, -0.2) is 35.5 Å². The zero-order valence-corrected chi connectivity index (χ0v) is 16.5. The van der Waals surface area contributed by atoms with Crippen LogP contribution in [0.3, 0.4) is 0 Å². The molecule has 8 nitrogen and oxygen atoms in total. The molecule has 0 saturated carbocycles. The summed E-state index contributed by atoms with van der Waals surface area (Å²) >= 11 is 0. The van der Waals surface area contributed by atoms with Crippen LogP contribution in [0.1, 0.15) is 18.6 Å². The first-order valence-corrected chi connectivity index (χ1v) is 9.22. The van der Waals surface area contributed by atoms with Crippen LogP contribution < -0.4 is 15.5 Å². The molecule has 0 aliphatic rings. The third kappa shape index (κ3) is 7.36. The molecule has 0 bridgehead atoms. The van der Waals surface area contributed by atoms with E-state index < -0.39 is 35.7 Å². The van der Waals surface area contributed by atoms with Gasteiger partial charge < -0.3 is 14.6 Å². The highest BCUT2D eigenvalue weighted by molar-refractivity contribution is 5.86. The molecule has 0 spiro atoms. The summed E-state index contributed by atoms with van der Waals surface area (Å²) in [5.74, 6) is -2.58. The number of anilines is 1. The summed E-state index contributed by atoms with van der Waals surface area (Å²) in [6, 6.07) is 9.13. The molecule has 0 saturated heterocycles. The number of hydrogen-bond acceptors (Lipinski definition) is 6. The van der Waals surface area contributed by atoms with E-state index in [0.717, 1.165) is 18.2 Å². The number of carbonyl (C=O) groups is 2. The molecule has 0 aliphatic heterocycles. The molecule has 2 aromatic rings. The van der Waals surface area contributed by atoms with Crippen molar-refractivity contribution >= 4 is 17.7 Å². The number of hydrogen-bond donors (Lipinski definition) is 4. The molecule has 0 heterocycles. The van der Waals surface area contributed by atoms with Gasteiger partial charge in [0.1, 0.15) is 30.1 Å². The Labute approximate surface area is 177 Å². The summed E-state index contributed by atoms with van der Waals surface area (Å²) in [5.41, 5.74) is 1.73. The average molecular weight is 436 g/mol. The third-order valence-corrected chi connectivity index (χ3v) is 4.11. The van der Waals surface area contributed by atoms with Crippen molar-refractivity contribution in [3.63, 3.8) is 0 Å². The Balaban J connectivity index is 2.20. The fraction of sp³-hybridized carbons (Fsp3) is 0.238. The monoisotopic (exact) mass is 436 g/mol. The van der Waals surface area contributed by atoms with Crippen LogP contribution in [0.2, 0.25) is 0 Å². The lowest BCUT2D eigenvalue weighted by molar-refractivity contribution is -0.124. The molecule has 2 amide bonds. The van der Waals surface area contributed by atoms with Crippen LogP contribution in [0.5, 0.6) is 5.75 Å². The minimum Gasteiger partial charge on any atom is -0.491 e. The predicted octanol–water partition coefficient (Wildman–Crippen LogP) is 3.32. The molecule has 0 fully saturated rings. The first kappa shape index (κ1) is 23.8. The third-order valence-electron chi connectivity index (χ3n) is 4.11. The van der Waals surface area contributed by atoms with Crippen LogP contribution in [0.4, 0.5) is 19.3 Å². The number of benzene rings is 2. The highest BCUT2D eigenvalue weighted by Crippen LogP contribution is 2.29. The van der Waals surface area contributed by atoms with Gasteiger partial charge in [-0.25, -0.2) is 19.1 Å². The largest absolute Gasteiger partial charge is 0.491 e. The van der Waals surface area contributed by atoms with Gasteiger partial charge in [0.05, 0.1) is 12.3 Å². The first-order valence-electron chi connectivity index (χ1n) is 9.22. The standard InChI is InChI=1S/C21H22F2N2O6/c1-13(2-9-19(27)25-29)20(14-3-6-16(7-4-14)30-11-10-26)31-21(28)24-18-8-5-15(22)12-17(18)23/h2-9,12-13,20,26,29H,10-11H2,1H3,(H,24,28)(H,25,27)/b9-2+/t13-,20+/m1/s1. The summed E-state index contributed by atoms with van der Waals surface area (Å²) in [7, 11) is 0. The Hall–Kier alpha value is -3.50. The van der Waals surface area contributed by atoms with Gasteiger partial charge in [0.25, 0.3) is 5.91 Å². The molecule has 4 N–H and O–H groups in total. The molecule has 166 valence electrons. The van der Waals surface area contributed by atoms with Crippen LogP contribution in [0.15, 0.2) is 54.6 Å². The second-order valence-corrected chi connectivity index (χ2v) is 6.41. The first-order chi connectivity index (χ1) is 14.8. The van der Waals surface area contributed by atoms with Crippen LogP contribution >= 0.6 is 0 Å². The van der Waals surface area contributed by atoms with Crippen LogP contribution in [-0.2, 0) is 9.53 Å². The highest BCUT2D eigenvalue weighted by Gasteiger charge is 2.23. The van der Waals surface area contributed by atoms with E-state index in [1.165, 1.54) is 11.6 Å². The summed E-state index contributed by atoms with van der Waals surface area (Å²) in [5, 5.41) is 19.7. The topological polar surface area (TPSA) is 117 Å². The van der Waals surface area contributed by atoms with Gasteiger partial charge in [0, 0.05) is 18.1 Å². The van der Waals surface area contributed by atoms with Gasteiger partial charge >= 0.3 is 6.09 Å². The summed E-state index contributed by atoms with van der Waals surface area (Å²) in [6.07, 6.45) is 0.580. The molecule has 10 heteroatoms. The molecule has 0 aromatic heterocycles. The molecule has 0 unspecified atom stereocenters. The van der Waals surface area contributed by atoms with E-state index in [1.807, 2.05) is 0 Å². The number of carbonyl (C=O) groups excluding carboxylic acids is 2. The van der Waals surface area contributed by atoms with Gasteiger partial charge in [0.15, 0.2) is 0 Å². The maximum absolute atomic E-state index is 13.8. The average Bonchev–Trinajstić information content (AvgIpc) is 2.76. The quantitative estimate of drug-likeness (QED) is 0.272. The van der Waals surface area contributed by atoms with Crippen molar-refractivity contribution in [2.75, 3.05) is 18.5 Å². The number of rotatable bonds is 9. The van der Waals surface area contributed by atoms with E-state index >= 15 is 0 Å². The van der Waals surface area contributed by atoms with Crippen molar-refractivity contribution in [1.82, 2.24) is 5.48 Å². The Morgan fingerprint density at radius 1 is 1.16 bits per heavy atom. The molecule has 31 heavy (non-hydrogen) atoms. The van der Waals surface area contributed by atoms with Crippen molar-refractivity contribution in [2.24, 2.45) is 5.92 Å². The van der Waals surface area contributed by atoms with Gasteiger partial charge in [-0.2, -0.15) is 0 Å². The summed E-state index contributed by atoms with van der Waals surface area (Å²) in [4.78, 5) is 23.6. The Morgan fingerprint density at radius 3 is 2.48 bits per heavy atom. The van der Waals surface area contributed by atoms with Gasteiger partial charge in [-0.3, -0.25) is 15.3 Å². The fourth-order valence-electron chi connectivity index (χ4n) is 2.62. The molecule has 0 aliphatic carbocycles. The lowest BCUT2D eigenvalue weighted by Crippen LogP contribution is -2.22. The summed E-state index contributed by atoms with van der Waals surface area (Å²) < 4.78 is 37.6. The van der Waals surface area contributed by atoms with Crippen molar-refractivity contribution < 1.29 is 38.2 Å². The number of amides is 2. The second-order valence-electron chi connectivity index (χ2n) is 6.41. The zero-order chi connectivity index (χ0) is 22.8. The number of ether oxygens (including phenoxy) is 2. The number of halogens is 2. The van der Waals surface area contributed by atoms with Crippen molar-refractivity contribution in [2.45, 2.75) is 13.0 Å². The van der Waals surface area contributed by atoms with Crippen molar-refractivity contribution in [1.29, 1.82) is 0 Å². The molecule has 2 rings (SSSR count). The summed E-state index contributed by atoms with van der Waals surface area (Å²) in [6.45, 7) is 1.62. The van der Waals surface area contributed by atoms with E-state index in [9.17, 15) is 18.4 Å². The Bertz CT molecular complexity index is 921. The lowest BCUT2D eigenvalue weighted by Gasteiger charge is -2.23. The molecular formula is C21H22F2N2O6. The number of aliphatic hydroxyl groups excluding tert-OH is 1. The maximum Gasteiger partial charge on any atom is 0.412 e. The van der Waals surface area contributed by atoms with Gasteiger partial charge in [-0.1, -0.05) is 25.1 Å². The van der Waals surface area contributed by atoms with Crippen LogP contribution in [0.25, 0.3) is 0 Å². The molecule has 2 aromatic carbocycles. The minimum absolute atomic E-state index is 0.111. The number of nitrogens with one attached hydrogen (secondary N) is 2. The number of aliphatic hydroxyl groups is 1. The lowest BCUT2D eigenvalue weighted by atomic mass is 9.96. The minimum atomic E-state index is -0.997. The van der Waals surface area contributed by atoms with Gasteiger partial charge in [-0.15, -0.1) is 0 Å². The van der Waals surface area contributed by atoms with Crippen LogP contribution in [0, 0.1) is 17.6 Å². The van der Waals surface area contributed by atoms with E-state index in [-0.39, 0.29) is 18.9 Å². The van der Waals surface area contributed by atoms with Crippen molar-refractivity contribution in [3.8, 4) is 5.75 Å². The smallest absolute Gasteiger partial charge is 0.412 e. The normalized spacial score (nSPS) is 12.8. The Kier molecular flexibility index (Phi) is 8.92. The fourth-order valence-corrected chi connectivity index (χ4v) is 2.62. The van der Waals surface area contributed by atoms with E-state index in [4.69, 9.17) is 19.8 Å². The SMILES string of the molecule is C[C@H](/C=C/C(=O)NO)[C@H](OC(=O)Nc1ccc(F)cc1F)c1ccc(OCCO)cc1. The molecular weight excluding hydrogens is 414 g/mol. The highest BCUT2D eigenvalue weighted by atomic mass is 19.1. The number of hydroxylamine groups is 1. The maximum atomic E-state index is 13.8. The predicted molar refractivity (Wildman–Crippen MR) is 106 cm³/mol. The van der Waals surface area contributed by atoms with Gasteiger partial charge in [-0.05, 0) is 29.8 Å². The molecule has 0 radical (unpaired) electrons. The van der Waals surface area contributed by atoms with Crippen molar-refractivity contribution in [3.05, 3.63) is 71.8 Å². The Morgan fingerprint density at radius 2 is 1.87 bits per heavy atom.